The average Bonchev–Trinajstić information content (AvgIpc) is 3.39. The molecular weight excluding hydrogens is 634 g/mol. The minimum atomic E-state index is -3.34. The Morgan fingerprint density at radius 1 is 1.17 bits per heavy atom. The van der Waals surface area contributed by atoms with Gasteiger partial charge in [-0.05, 0) is 82.4 Å². The van der Waals surface area contributed by atoms with E-state index in [1.807, 2.05) is 4.57 Å². The maximum atomic E-state index is 15.0. The summed E-state index contributed by atoms with van der Waals surface area (Å²) in [5.41, 5.74) is 3.20. The molecule has 47 heavy (non-hydrogen) atoms. The molecule has 0 amide bonds. The van der Waals surface area contributed by atoms with Crippen molar-refractivity contribution >= 4 is 36.5 Å². The number of likely N-dealkylation sites (tertiary alicyclic amines) is 1. The number of sulfone groups is 1. The van der Waals surface area contributed by atoms with Gasteiger partial charge in [-0.1, -0.05) is 28.2 Å². The molecule has 3 heterocycles. The van der Waals surface area contributed by atoms with Gasteiger partial charge in [0.05, 0.1) is 42.2 Å². The van der Waals surface area contributed by atoms with Crippen LogP contribution in [0.4, 0.5) is 10.1 Å². The Hall–Kier alpha value is -2.57. The predicted molar refractivity (Wildman–Crippen MR) is 189 cm³/mol. The molecule has 2 aliphatic heterocycles. The zero-order valence-corrected chi connectivity index (χ0v) is 30.0. The summed E-state index contributed by atoms with van der Waals surface area (Å²) in [6, 6.07) is 8.08. The van der Waals surface area contributed by atoms with Crippen molar-refractivity contribution in [3.05, 3.63) is 40.5 Å². The van der Waals surface area contributed by atoms with Gasteiger partial charge in [0.1, 0.15) is 11.2 Å². The van der Waals surface area contributed by atoms with Crippen LogP contribution in [0.5, 0.6) is 5.75 Å². The quantitative estimate of drug-likeness (QED) is 0.289. The summed E-state index contributed by atoms with van der Waals surface area (Å²) in [7, 11) is 0.496. The molecule has 1 aromatic carbocycles. The lowest BCUT2D eigenvalue weighted by Crippen LogP contribution is -2.62. The highest BCUT2D eigenvalue weighted by molar-refractivity contribution is 7.91. The van der Waals surface area contributed by atoms with Crippen LogP contribution in [0, 0.1) is 17.3 Å². The Bertz CT molecular complexity index is 1740. The van der Waals surface area contributed by atoms with Crippen molar-refractivity contribution in [1.82, 2.24) is 14.8 Å². The maximum Gasteiger partial charge on any atom is 0.178 e. The number of ether oxygens (including phenoxy) is 2. The summed E-state index contributed by atoms with van der Waals surface area (Å²) in [5.74, 6) is 6.95. The van der Waals surface area contributed by atoms with Gasteiger partial charge >= 0.3 is 0 Å². The van der Waals surface area contributed by atoms with E-state index in [-0.39, 0.29) is 17.2 Å². The minimum Gasteiger partial charge on any atom is -0.495 e. The third-order valence-electron chi connectivity index (χ3n) is 10.4. The van der Waals surface area contributed by atoms with E-state index < -0.39 is 15.2 Å². The SMILES string of the molecule is CCS(=O)(=O)c1ccc(NCC#Cc2cc3c(n2CC(C)(F)P)=CCCC=3NC2CCC(N3CC4(CCOCC4)C3)CC2)c(OC)c1. The molecule has 1 saturated carbocycles. The molecule has 6 rings (SSSR count). The van der Waals surface area contributed by atoms with Crippen LogP contribution in [0.2, 0.25) is 0 Å². The summed E-state index contributed by atoms with van der Waals surface area (Å²) in [5, 5.41) is 7.85. The molecule has 2 atom stereocenters. The highest BCUT2D eigenvalue weighted by atomic mass is 32.2. The second-order valence-corrected chi connectivity index (χ2v) is 17.5. The van der Waals surface area contributed by atoms with Gasteiger partial charge in [0.25, 0.3) is 0 Å². The normalized spacial score (nSPS) is 23.8. The topological polar surface area (TPSA) is 84.8 Å². The van der Waals surface area contributed by atoms with Crippen LogP contribution >= 0.6 is 9.24 Å². The van der Waals surface area contributed by atoms with Crippen molar-refractivity contribution in [3.8, 4) is 17.6 Å². The summed E-state index contributed by atoms with van der Waals surface area (Å²) in [6.07, 6.45) is 11.3. The first-order valence-electron chi connectivity index (χ1n) is 17.1. The van der Waals surface area contributed by atoms with Crippen LogP contribution in [-0.2, 0) is 21.1 Å². The number of hydrogen-bond donors (Lipinski definition) is 2. The first-order valence-corrected chi connectivity index (χ1v) is 19.3. The van der Waals surface area contributed by atoms with Crippen molar-refractivity contribution in [1.29, 1.82) is 0 Å². The molecule has 1 aromatic heterocycles. The van der Waals surface area contributed by atoms with Crippen molar-refractivity contribution in [2.75, 3.05) is 51.0 Å². The summed E-state index contributed by atoms with van der Waals surface area (Å²) >= 11 is 0. The molecule has 0 bridgehead atoms. The number of hydrogen-bond acceptors (Lipinski definition) is 7. The van der Waals surface area contributed by atoms with Gasteiger partial charge < -0.3 is 24.7 Å². The smallest absolute Gasteiger partial charge is 0.178 e. The Morgan fingerprint density at radius 3 is 2.60 bits per heavy atom. The van der Waals surface area contributed by atoms with Crippen LogP contribution in [-0.4, -0.2) is 81.1 Å². The summed E-state index contributed by atoms with van der Waals surface area (Å²) in [6.45, 7) is 8.03. The molecule has 8 nitrogen and oxygen atoms in total. The lowest BCUT2D eigenvalue weighted by molar-refractivity contribution is -0.102. The fourth-order valence-electron chi connectivity index (χ4n) is 7.72. The third-order valence-corrected chi connectivity index (χ3v) is 12.3. The van der Waals surface area contributed by atoms with Gasteiger partial charge in [-0.25, -0.2) is 12.8 Å². The summed E-state index contributed by atoms with van der Waals surface area (Å²) in [4.78, 5) is 2.95. The summed E-state index contributed by atoms with van der Waals surface area (Å²) < 4.78 is 52.7. The van der Waals surface area contributed by atoms with E-state index in [9.17, 15) is 8.42 Å². The molecule has 256 valence electrons. The maximum absolute atomic E-state index is 15.0. The standard InChI is InChI=1S/C36H50FN4O4PS/c1-4-47(42,43)29-14-15-32(34(22-29)44-3)38-18-6-7-28-21-30-31(8-5-9-33(30)41(28)23-35(2,37)46)39-26-10-12-27(13-11-26)40-24-36(25-40)16-19-45-20-17-36/h9,14-15,21-22,26-27,38-39H,4-5,8,10-13,16-20,23-25,46H2,1-3H3. The highest BCUT2D eigenvalue weighted by Gasteiger charge is 2.46. The van der Waals surface area contributed by atoms with Crippen LogP contribution in [0.25, 0.3) is 11.8 Å². The van der Waals surface area contributed by atoms with Crippen LogP contribution in [0.15, 0.2) is 29.2 Å². The first kappa shape index (κ1) is 34.3. The van der Waals surface area contributed by atoms with Crippen LogP contribution in [0.3, 0.4) is 0 Å². The second kappa shape index (κ2) is 14.1. The minimum absolute atomic E-state index is 0.0233. The molecule has 11 heteroatoms. The number of nitrogens with zero attached hydrogens (tertiary/aromatic N) is 2. The van der Waals surface area contributed by atoms with Gasteiger partial charge in [0.2, 0.25) is 0 Å². The molecule has 0 radical (unpaired) electrons. The zero-order valence-electron chi connectivity index (χ0n) is 28.0. The predicted octanol–water partition coefficient (Wildman–Crippen LogP) is 4.01. The highest BCUT2D eigenvalue weighted by Crippen LogP contribution is 2.43. The lowest BCUT2D eigenvalue weighted by Gasteiger charge is -2.56. The average molecular weight is 685 g/mol. The Morgan fingerprint density at radius 2 is 1.91 bits per heavy atom. The molecule has 3 fully saturated rings. The van der Waals surface area contributed by atoms with Gasteiger partial charge in [0.15, 0.2) is 9.84 Å². The molecule has 2 aliphatic carbocycles. The Kier molecular flexibility index (Phi) is 10.3. The largest absolute Gasteiger partial charge is 0.495 e. The van der Waals surface area contributed by atoms with Crippen molar-refractivity contribution in [2.24, 2.45) is 5.41 Å². The molecule has 1 spiro atoms. The number of halogens is 1. The van der Waals surface area contributed by atoms with Crippen molar-refractivity contribution < 1.29 is 22.3 Å². The van der Waals surface area contributed by atoms with Crippen LogP contribution in [0.1, 0.15) is 70.9 Å². The first-order chi connectivity index (χ1) is 22.5. The van der Waals surface area contributed by atoms with Gasteiger partial charge in [-0.2, -0.15) is 0 Å². The molecular formula is C36H50FN4O4PS. The van der Waals surface area contributed by atoms with Gasteiger partial charge in [-0.15, -0.1) is 0 Å². The van der Waals surface area contributed by atoms with E-state index in [4.69, 9.17) is 9.47 Å². The van der Waals surface area contributed by atoms with E-state index in [0.717, 1.165) is 42.3 Å². The number of aromatic nitrogens is 1. The second-order valence-electron chi connectivity index (χ2n) is 14.0. The lowest BCUT2D eigenvalue weighted by atomic mass is 9.71. The number of methoxy groups -OCH3 is 1. The number of alkyl halides is 1. The molecule has 4 aliphatic rings. The van der Waals surface area contributed by atoms with E-state index in [2.05, 4.69) is 48.8 Å². The van der Waals surface area contributed by atoms with Crippen molar-refractivity contribution in [2.45, 2.75) is 94.1 Å². The molecule has 2 N–H and O–H groups in total. The monoisotopic (exact) mass is 684 g/mol. The van der Waals surface area contributed by atoms with Crippen LogP contribution < -0.4 is 25.9 Å². The number of nitrogens with one attached hydrogen (secondary N) is 2. The number of benzene rings is 1. The third kappa shape index (κ3) is 7.85. The van der Waals surface area contributed by atoms with Crippen molar-refractivity contribution in [3.63, 3.8) is 0 Å². The van der Waals surface area contributed by atoms with Gasteiger partial charge in [-0.3, -0.25) is 4.90 Å². The molecule has 2 saturated heterocycles. The molecule has 2 aromatic rings. The fourth-order valence-corrected chi connectivity index (χ4v) is 8.80. The van der Waals surface area contributed by atoms with Gasteiger partial charge in [0, 0.05) is 66.1 Å². The van der Waals surface area contributed by atoms with E-state index >= 15 is 4.39 Å². The van der Waals surface area contributed by atoms with E-state index in [1.54, 1.807) is 26.0 Å². The fraction of sp³-hybridized carbons (Fsp3) is 0.611. The van der Waals surface area contributed by atoms with E-state index in [0.29, 0.717) is 35.5 Å². The number of rotatable bonds is 10. The number of fused-ring (bicyclic) bond motifs is 1. The Balaban J connectivity index is 1.15. The Labute approximate surface area is 281 Å². The zero-order chi connectivity index (χ0) is 33.2. The van der Waals surface area contributed by atoms with E-state index in [1.165, 1.54) is 70.5 Å². The number of anilines is 1. The molecule has 2 unspecified atom stereocenters.